The predicted octanol–water partition coefficient (Wildman–Crippen LogP) is -0.0179. The molecule has 0 radical (unpaired) electrons. The van der Waals surface area contributed by atoms with E-state index in [1.54, 1.807) is 0 Å². The zero-order valence-electron chi connectivity index (χ0n) is 8.49. The maximum Gasteiger partial charge on any atom is 0.503 e. The van der Waals surface area contributed by atoms with Crippen LogP contribution in [0.3, 0.4) is 0 Å². The highest BCUT2D eigenvalue weighted by atomic mass is 28.4. The summed E-state index contributed by atoms with van der Waals surface area (Å²) in [7, 11) is 0.0275. The third-order valence-corrected chi connectivity index (χ3v) is 4.37. The first-order chi connectivity index (χ1) is 6.64. The molecule has 0 bridgehead atoms. The molecule has 6 heteroatoms. The summed E-state index contributed by atoms with van der Waals surface area (Å²) >= 11 is 0. The minimum Gasteiger partial charge on any atom is -0.396 e. The number of hydrogen-bond donors (Lipinski definition) is 1. The van der Waals surface area contributed by atoms with E-state index in [0.29, 0.717) is 0 Å². The Morgan fingerprint density at radius 3 is 2.43 bits per heavy atom. The van der Waals surface area contributed by atoms with E-state index in [2.05, 4.69) is 6.58 Å². The molecule has 0 fully saturated rings. The Morgan fingerprint density at radius 1 is 1.50 bits per heavy atom. The summed E-state index contributed by atoms with van der Waals surface area (Å²) in [6.45, 7) is 3.09. The Labute approximate surface area is 84.7 Å². The van der Waals surface area contributed by atoms with Crippen molar-refractivity contribution in [1.29, 1.82) is 0 Å². The molecule has 0 heterocycles. The Balaban J connectivity index is 4.19. The molecule has 0 rings (SSSR count). The fraction of sp³-hybridized carbons (Fsp3) is 0.625. The highest BCUT2D eigenvalue weighted by Crippen LogP contribution is 2.12. The molecule has 0 unspecified atom stereocenters. The Morgan fingerprint density at radius 2 is 2.07 bits per heavy atom. The van der Waals surface area contributed by atoms with Gasteiger partial charge in [0.15, 0.2) is 5.78 Å². The standard InChI is InChI=1S/C8H16O5Si/c1-4-8(10)7-13-14(11-2,12-3)6-5-9/h4,9H,1,5-7H2,2-3H3. The van der Waals surface area contributed by atoms with Gasteiger partial charge < -0.3 is 18.4 Å². The smallest absolute Gasteiger partial charge is 0.396 e. The molecule has 5 nitrogen and oxygen atoms in total. The van der Waals surface area contributed by atoms with E-state index < -0.39 is 8.80 Å². The van der Waals surface area contributed by atoms with Crippen LogP contribution in [0.4, 0.5) is 0 Å². The van der Waals surface area contributed by atoms with E-state index in [1.807, 2.05) is 0 Å². The molecule has 0 aromatic heterocycles. The predicted molar refractivity (Wildman–Crippen MR) is 52.8 cm³/mol. The zero-order chi connectivity index (χ0) is 11.0. The Kier molecular flexibility index (Phi) is 6.59. The lowest BCUT2D eigenvalue weighted by molar-refractivity contribution is -0.117. The molecule has 0 aromatic carbocycles. The van der Waals surface area contributed by atoms with Crippen molar-refractivity contribution < 1.29 is 23.2 Å². The summed E-state index contributed by atoms with van der Waals surface area (Å²) in [5.74, 6) is -0.242. The largest absolute Gasteiger partial charge is 0.503 e. The molecule has 0 aliphatic rings. The van der Waals surface area contributed by atoms with Crippen molar-refractivity contribution in [3.63, 3.8) is 0 Å². The third kappa shape index (κ3) is 4.12. The van der Waals surface area contributed by atoms with Crippen LogP contribution in [0.1, 0.15) is 0 Å². The maximum absolute atomic E-state index is 10.9. The second-order valence-electron chi connectivity index (χ2n) is 2.52. The van der Waals surface area contributed by atoms with Crippen LogP contribution >= 0.6 is 0 Å². The van der Waals surface area contributed by atoms with Crippen molar-refractivity contribution in [3.05, 3.63) is 12.7 Å². The molecule has 82 valence electrons. The minimum absolute atomic E-state index is 0.101. The van der Waals surface area contributed by atoms with E-state index in [9.17, 15) is 4.79 Å². The quantitative estimate of drug-likeness (QED) is 0.460. The lowest BCUT2D eigenvalue weighted by Gasteiger charge is -2.24. The van der Waals surface area contributed by atoms with Gasteiger partial charge in [-0.1, -0.05) is 6.58 Å². The first kappa shape index (κ1) is 13.5. The van der Waals surface area contributed by atoms with Gasteiger partial charge in [0.05, 0.1) is 0 Å². The van der Waals surface area contributed by atoms with Crippen LogP contribution in [-0.4, -0.2) is 47.1 Å². The van der Waals surface area contributed by atoms with Crippen molar-refractivity contribution in [2.75, 3.05) is 27.4 Å². The summed E-state index contributed by atoms with van der Waals surface area (Å²) < 4.78 is 15.4. The summed E-state index contributed by atoms with van der Waals surface area (Å²) in [5, 5.41) is 8.78. The molecule has 0 saturated heterocycles. The topological polar surface area (TPSA) is 65.0 Å². The molecule has 0 aliphatic heterocycles. The van der Waals surface area contributed by atoms with Gasteiger partial charge in [0.25, 0.3) is 0 Å². The third-order valence-electron chi connectivity index (χ3n) is 1.70. The van der Waals surface area contributed by atoms with Crippen LogP contribution in [-0.2, 0) is 18.1 Å². The highest BCUT2D eigenvalue weighted by molar-refractivity contribution is 6.60. The zero-order valence-corrected chi connectivity index (χ0v) is 9.49. The van der Waals surface area contributed by atoms with Gasteiger partial charge >= 0.3 is 8.80 Å². The van der Waals surface area contributed by atoms with Gasteiger partial charge in [-0.3, -0.25) is 4.79 Å². The molecule has 0 amide bonds. The number of ketones is 1. The van der Waals surface area contributed by atoms with Crippen LogP contribution < -0.4 is 0 Å². The van der Waals surface area contributed by atoms with Crippen molar-refractivity contribution >= 4 is 14.6 Å². The summed E-state index contributed by atoms with van der Waals surface area (Å²) in [6, 6.07) is 0.268. The van der Waals surface area contributed by atoms with Crippen LogP contribution in [0.5, 0.6) is 0 Å². The van der Waals surface area contributed by atoms with E-state index in [1.165, 1.54) is 20.3 Å². The normalized spacial score (nSPS) is 11.4. The number of carbonyl (C=O) groups is 1. The van der Waals surface area contributed by atoms with E-state index in [0.717, 1.165) is 0 Å². The molecule has 0 aliphatic carbocycles. The first-order valence-corrected chi connectivity index (χ1v) is 6.07. The van der Waals surface area contributed by atoms with Crippen molar-refractivity contribution in [2.24, 2.45) is 0 Å². The maximum atomic E-state index is 10.9. The molecule has 0 spiro atoms. The van der Waals surface area contributed by atoms with Crippen molar-refractivity contribution in [3.8, 4) is 0 Å². The van der Waals surface area contributed by atoms with Crippen LogP contribution in [0.2, 0.25) is 6.04 Å². The molecule has 0 atom stereocenters. The van der Waals surface area contributed by atoms with Gasteiger partial charge in [0, 0.05) is 26.9 Å². The van der Waals surface area contributed by atoms with Gasteiger partial charge in [-0.25, -0.2) is 0 Å². The fourth-order valence-corrected chi connectivity index (χ4v) is 2.45. The molecule has 1 N–H and O–H groups in total. The number of aliphatic hydroxyl groups is 1. The van der Waals surface area contributed by atoms with E-state index in [4.69, 9.17) is 18.4 Å². The molecule has 0 saturated carbocycles. The average Bonchev–Trinajstić information content (AvgIpc) is 2.24. The SMILES string of the molecule is C=CC(=O)CO[Si](CCO)(OC)OC. The highest BCUT2D eigenvalue weighted by Gasteiger charge is 2.38. The van der Waals surface area contributed by atoms with Gasteiger partial charge in [0.2, 0.25) is 0 Å². The van der Waals surface area contributed by atoms with Crippen molar-refractivity contribution in [2.45, 2.75) is 6.04 Å². The Hall–Kier alpha value is -0.533. The van der Waals surface area contributed by atoms with Crippen LogP contribution in [0, 0.1) is 0 Å². The number of aliphatic hydroxyl groups excluding tert-OH is 1. The second kappa shape index (κ2) is 6.85. The van der Waals surface area contributed by atoms with E-state index >= 15 is 0 Å². The number of hydrogen-bond acceptors (Lipinski definition) is 5. The summed E-state index contributed by atoms with van der Waals surface area (Å²) in [6.07, 6.45) is 1.17. The molecular formula is C8H16O5Si. The molecule has 14 heavy (non-hydrogen) atoms. The summed E-state index contributed by atoms with van der Waals surface area (Å²) in [4.78, 5) is 10.9. The average molecular weight is 220 g/mol. The lowest BCUT2D eigenvalue weighted by Crippen LogP contribution is -2.45. The minimum atomic E-state index is -2.84. The first-order valence-electron chi connectivity index (χ1n) is 4.14. The lowest BCUT2D eigenvalue weighted by atomic mass is 10.4. The van der Waals surface area contributed by atoms with Gasteiger partial charge in [-0.2, -0.15) is 0 Å². The second-order valence-corrected chi connectivity index (χ2v) is 5.50. The monoisotopic (exact) mass is 220 g/mol. The van der Waals surface area contributed by atoms with Crippen molar-refractivity contribution in [1.82, 2.24) is 0 Å². The molecule has 0 aromatic rings. The van der Waals surface area contributed by atoms with Crippen LogP contribution in [0.15, 0.2) is 12.7 Å². The van der Waals surface area contributed by atoms with E-state index in [-0.39, 0.29) is 25.0 Å². The van der Waals surface area contributed by atoms with Gasteiger partial charge in [-0.15, -0.1) is 0 Å². The number of carbonyl (C=O) groups excluding carboxylic acids is 1. The number of rotatable bonds is 8. The summed E-state index contributed by atoms with van der Waals surface area (Å²) in [5.41, 5.74) is 0. The fourth-order valence-electron chi connectivity index (χ4n) is 0.854. The van der Waals surface area contributed by atoms with Crippen LogP contribution in [0.25, 0.3) is 0 Å². The Bertz CT molecular complexity index is 190. The van der Waals surface area contributed by atoms with Gasteiger partial charge in [-0.05, 0) is 6.08 Å². The molecular weight excluding hydrogens is 204 g/mol. The van der Waals surface area contributed by atoms with Gasteiger partial charge in [0.1, 0.15) is 6.61 Å².